The summed E-state index contributed by atoms with van der Waals surface area (Å²) in [7, 11) is 0. The molecule has 2 heterocycles. The molecular weight excluding hydrogens is 344 g/mol. The zero-order valence-corrected chi connectivity index (χ0v) is 14.5. The second-order valence-corrected chi connectivity index (χ2v) is 7.20. The molecule has 2 aromatic rings. The van der Waals surface area contributed by atoms with Gasteiger partial charge in [-0.1, -0.05) is 19.3 Å². The Kier molecular flexibility index (Phi) is 5.42. The van der Waals surface area contributed by atoms with E-state index in [2.05, 4.69) is 15.4 Å². The number of hydrogen-bond donors (Lipinski definition) is 3. The molecule has 0 saturated heterocycles. The first-order chi connectivity index (χ1) is 12.1. The highest BCUT2D eigenvalue weighted by atomic mass is 32.2. The van der Waals surface area contributed by atoms with E-state index in [0.29, 0.717) is 10.9 Å². The number of thioether (sulfide) groups is 1. The van der Waals surface area contributed by atoms with Crippen molar-refractivity contribution >= 4 is 29.3 Å². The Morgan fingerprint density at radius 3 is 2.84 bits per heavy atom. The zero-order valence-electron chi connectivity index (χ0n) is 13.7. The van der Waals surface area contributed by atoms with Crippen LogP contribution in [0, 0.1) is 5.92 Å². The van der Waals surface area contributed by atoms with Gasteiger partial charge in [-0.3, -0.25) is 19.5 Å². The molecule has 2 aromatic heterocycles. The number of aromatic nitrogens is 3. The molecule has 0 aromatic carbocycles. The topological polar surface area (TPSA) is 117 Å². The number of carboxylic acid groups (broad SMARTS) is 1. The fourth-order valence-electron chi connectivity index (χ4n) is 3.09. The van der Waals surface area contributed by atoms with E-state index in [9.17, 15) is 14.4 Å². The van der Waals surface area contributed by atoms with Crippen LogP contribution in [0.5, 0.6) is 0 Å². The van der Waals surface area contributed by atoms with Gasteiger partial charge in [0.2, 0.25) is 0 Å². The lowest BCUT2D eigenvalue weighted by Gasteiger charge is -2.21. The van der Waals surface area contributed by atoms with E-state index in [0.717, 1.165) is 5.75 Å². The van der Waals surface area contributed by atoms with Crippen LogP contribution in [0.1, 0.15) is 42.5 Å². The van der Waals surface area contributed by atoms with Crippen LogP contribution in [0.2, 0.25) is 0 Å². The highest BCUT2D eigenvalue weighted by Gasteiger charge is 2.21. The largest absolute Gasteiger partial charge is 0.480 e. The van der Waals surface area contributed by atoms with Gasteiger partial charge in [0.1, 0.15) is 23.5 Å². The average Bonchev–Trinajstić information content (AvgIpc) is 3.08. The van der Waals surface area contributed by atoms with E-state index < -0.39 is 23.9 Å². The number of nitrogens with zero attached hydrogens (tertiary/aromatic N) is 2. The molecule has 1 amide bonds. The number of carbonyl (C=O) groups excluding carboxylic acids is 1. The van der Waals surface area contributed by atoms with Crippen molar-refractivity contribution in [3.8, 4) is 0 Å². The fourth-order valence-corrected chi connectivity index (χ4v) is 4.29. The van der Waals surface area contributed by atoms with Gasteiger partial charge in [0, 0.05) is 11.8 Å². The third kappa shape index (κ3) is 4.04. The molecule has 25 heavy (non-hydrogen) atoms. The lowest BCUT2D eigenvalue weighted by molar-refractivity contribution is -0.135. The van der Waals surface area contributed by atoms with Crippen molar-refractivity contribution in [1.82, 2.24) is 19.9 Å². The van der Waals surface area contributed by atoms with E-state index in [-0.39, 0.29) is 11.2 Å². The molecule has 0 spiro atoms. The number of amides is 1. The smallest absolute Gasteiger partial charge is 0.322 e. The lowest BCUT2D eigenvalue weighted by Crippen LogP contribution is -2.33. The molecule has 1 fully saturated rings. The predicted octanol–water partition coefficient (Wildman–Crippen LogP) is 1.51. The van der Waals surface area contributed by atoms with E-state index in [4.69, 9.17) is 5.11 Å². The van der Waals surface area contributed by atoms with Gasteiger partial charge in [0.15, 0.2) is 11.1 Å². The van der Waals surface area contributed by atoms with Gasteiger partial charge < -0.3 is 10.4 Å². The summed E-state index contributed by atoms with van der Waals surface area (Å²) in [5, 5.41) is 14.5. The molecule has 3 rings (SSSR count). The second kappa shape index (κ2) is 7.73. The summed E-state index contributed by atoms with van der Waals surface area (Å²) in [4.78, 5) is 39.2. The Hall–Kier alpha value is -2.29. The predicted molar refractivity (Wildman–Crippen MR) is 93.1 cm³/mol. The average molecular weight is 364 g/mol. The monoisotopic (exact) mass is 364 g/mol. The van der Waals surface area contributed by atoms with Gasteiger partial charge in [0.05, 0.1) is 0 Å². The third-order valence-electron chi connectivity index (χ3n) is 4.35. The van der Waals surface area contributed by atoms with Crippen LogP contribution in [0.25, 0.3) is 5.65 Å². The normalized spacial score (nSPS) is 15.4. The zero-order chi connectivity index (χ0) is 17.8. The van der Waals surface area contributed by atoms with Gasteiger partial charge in [0.25, 0.3) is 5.91 Å². The number of rotatable bonds is 6. The molecule has 0 atom stereocenters. The maximum Gasteiger partial charge on any atom is 0.322 e. The number of carbonyl (C=O) groups is 2. The van der Waals surface area contributed by atoms with Crippen molar-refractivity contribution in [3.05, 3.63) is 28.2 Å². The highest BCUT2D eigenvalue weighted by Crippen LogP contribution is 2.29. The molecule has 0 bridgehead atoms. The molecule has 3 N–H and O–H groups in total. The van der Waals surface area contributed by atoms with Crippen LogP contribution in [0.4, 0.5) is 0 Å². The summed E-state index contributed by atoms with van der Waals surface area (Å²) in [5.41, 5.74) is -0.396. The minimum atomic E-state index is -1.17. The maximum atomic E-state index is 12.4. The van der Waals surface area contributed by atoms with Crippen LogP contribution in [-0.2, 0) is 4.79 Å². The molecule has 8 nitrogen and oxygen atoms in total. The van der Waals surface area contributed by atoms with Gasteiger partial charge in [-0.25, -0.2) is 9.50 Å². The first-order valence-electron chi connectivity index (χ1n) is 8.28. The molecule has 1 aliphatic carbocycles. The number of fused-ring (bicyclic) bond motifs is 1. The Balaban J connectivity index is 1.83. The third-order valence-corrected chi connectivity index (χ3v) is 5.58. The SMILES string of the molecule is O=C(O)CNC(=O)c1c(=O)cc(SCC2CCCCC2)n2[nH]cnc12. The number of pyridine rings is 1. The molecule has 1 saturated carbocycles. The minimum Gasteiger partial charge on any atom is -0.480 e. The summed E-state index contributed by atoms with van der Waals surface area (Å²) in [6.45, 7) is -0.549. The number of aromatic amines is 1. The van der Waals surface area contributed by atoms with Crippen LogP contribution in [0.3, 0.4) is 0 Å². The second-order valence-electron chi connectivity index (χ2n) is 6.16. The fraction of sp³-hybridized carbons (Fsp3) is 0.500. The van der Waals surface area contributed by atoms with Gasteiger partial charge in [-0.05, 0) is 18.8 Å². The van der Waals surface area contributed by atoms with Crippen LogP contribution >= 0.6 is 11.8 Å². The summed E-state index contributed by atoms with van der Waals surface area (Å²) in [6.07, 6.45) is 7.65. The summed E-state index contributed by atoms with van der Waals surface area (Å²) in [6, 6.07) is 1.41. The Morgan fingerprint density at radius 2 is 2.12 bits per heavy atom. The van der Waals surface area contributed by atoms with E-state index in [1.807, 2.05) is 0 Å². The van der Waals surface area contributed by atoms with Gasteiger partial charge in [-0.2, -0.15) is 0 Å². The summed E-state index contributed by atoms with van der Waals surface area (Å²) in [5.74, 6) is -0.344. The van der Waals surface area contributed by atoms with Crippen molar-refractivity contribution < 1.29 is 14.7 Å². The van der Waals surface area contributed by atoms with E-state index in [1.165, 1.54) is 44.5 Å². The Bertz CT molecular complexity index is 838. The van der Waals surface area contributed by atoms with Gasteiger partial charge in [-0.15, -0.1) is 11.8 Å². The van der Waals surface area contributed by atoms with Crippen molar-refractivity contribution in [2.24, 2.45) is 5.92 Å². The Labute approximate surface area is 148 Å². The molecule has 9 heteroatoms. The first-order valence-corrected chi connectivity index (χ1v) is 9.26. The van der Waals surface area contributed by atoms with Crippen LogP contribution in [0.15, 0.2) is 22.2 Å². The highest BCUT2D eigenvalue weighted by molar-refractivity contribution is 7.99. The van der Waals surface area contributed by atoms with Crippen LogP contribution in [-0.4, -0.2) is 43.9 Å². The van der Waals surface area contributed by atoms with Crippen molar-refractivity contribution in [3.63, 3.8) is 0 Å². The van der Waals surface area contributed by atoms with E-state index >= 15 is 0 Å². The number of aliphatic carboxylic acids is 1. The minimum absolute atomic E-state index is 0.149. The summed E-state index contributed by atoms with van der Waals surface area (Å²) < 4.78 is 1.60. The standard InChI is InChI=1S/C16H20N4O4S/c21-11-6-12(25-8-10-4-2-1-3-5-10)20-15(18-9-19-20)14(11)16(24)17-7-13(22)23/h6,9-10H,1-5,7-8H2,(H,17,24)(H,18,19)(H,22,23). The Morgan fingerprint density at radius 1 is 1.36 bits per heavy atom. The van der Waals surface area contributed by atoms with Crippen molar-refractivity contribution in [1.29, 1.82) is 0 Å². The summed E-state index contributed by atoms with van der Waals surface area (Å²) >= 11 is 1.58. The molecule has 1 aliphatic rings. The number of hydrogen-bond acceptors (Lipinski definition) is 5. The number of nitrogens with one attached hydrogen (secondary N) is 2. The molecule has 134 valence electrons. The van der Waals surface area contributed by atoms with Crippen molar-refractivity contribution in [2.75, 3.05) is 12.3 Å². The van der Waals surface area contributed by atoms with Gasteiger partial charge >= 0.3 is 5.97 Å². The molecular formula is C16H20N4O4S. The van der Waals surface area contributed by atoms with Crippen molar-refractivity contribution in [2.45, 2.75) is 37.1 Å². The van der Waals surface area contributed by atoms with Crippen LogP contribution < -0.4 is 10.7 Å². The van der Waals surface area contributed by atoms with E-state index in [1.54, 1.807) is 16.3 Å². The number of carboxylic acids is 1. The molecule has 0 radical (unpaired) electrons. The number of H-pyrrole nitrogens is 1. The quantitative estimate of drug-likeness (QED) is 0.669. The maximum absolute atomic E-state index is 12.4. The first kappa shape index (κ1) is 17.5. The molecule has 0 unspecified atom stereocenters. The lowest BCUT2D eigenvalue weighted by atomic mass is 9.91. The molecule has 0 aliphatic heterocycles.